The number of morpholine rings is 1. The predicted octanol–water partition coefficient (Wildman–Crippen LogP) is 3.03. The molecule has 2 fully saturated rings. The van der Waals surface area contributed by atoms with Gasteiger partial charge in [-0.25, -0.2) is 8.42 Å². The van der Waals surface area contributed by atoms with Crippen LogP contribution in [0.3, 0.4) is 0 Å². The first-order chi connectivity index (χ1) is 18.4. The molecule has 208 valence electrons. The van der Waals surface area contributed by atoms with Crippen molar-refractivity contribution < 1.29 is 27.8 Å². The summed E-state index contributed by atoms with van der Waals surface area (Å²) < 4.78 is 39.1. The highest BCUT2D eigenvalue weighted by atomic mass is 32.2. The number of methoxy groups -OCH3 is 1. The van der Waals surface area contributed by atoms with Gasteiger partial charge in [0, 0.05) is 57.9 Å². The summed E-state index contributed by atoms with van der Waals surface area (Å²) in [5.41, 5.74) is 1.12. The van der Waals surface area contributed by atoms with Gasteiger partial charge in [0.15, 0.2) is 0 Å². The molecule has 0 saturated carbocycles. The van der Waals surface area contributed by atoms with Gasteiger partial charge in [-0.1, -0.05) is 18.2 Å². The first-order valence-corrected chi connectivity index (χ1v) is 14.8. The number of aliphatic carboxylic acids is 1. The molecule has 0 radical (unpaired) electrons. The molecule has 38 heavy (non-hydrogen) atoms. The highest BCUT2D eigenvalue weighted by Crippen LogP contribution is 2.33. The molecule has 2 aliphatic rings. The molecule has 0 aliphatic carbocycles. The number of anilines is 1. The number of hydrogen-bond acceptors (Lipinski definition) is 7. The van der Waals surface area contributed by atoms with Gasteiger partial charge in [-0.15, -0.1) is 0 Å². The fourth-order valence-electron chi connectivity index (χ4n) is 5.40. The Bertz CT molecular complexity index is 1120. The number of carboxylic acids is 1. The molecule has 9 nitrogen and oxygen atoms in total. The molecule has 2 aromatic rings. The minimum Gasteiger partial charge on any atom is -0.497 e. The summed E-state index contributed by atoms with van der Waals surface area (Å²) in [6.07, 6.45) is 1.30. The van der Waals surface area contributed by atoms with Crippen molar-refractivity contribution in [1.29, 1.82) is 0 Å². The molecule has 1 N–H and O–H groups in total. The third-order valence-electron chi connectivity index (χ3n) is 7.67. The number of sulfonamides is 1. The zero-order chi connectivity index (χ0) is 27.0. The summed E-state index contributed by atoms with van der Waals surface area (Å²) in [4.78, 5) is 16.6. The number of para-hydroxylation sites is 1. The average Bonchev–Trinajstić information content (AvgIpc) is 2.94. The van der Waals surface area contributed by atoms with E-state index in [0.29, 0.717) is 31.7 Å². The van der Waals surface area contributed by atoms with Crippen molar-refractivity contribution in [2.24, 2.45) is 11.8 Å². The van der Waals surface area contributed by atoms with Crippen LogP contribution in [-0.4, -0.2) is 94.8 Å². The maximum Gasteiger partial charge on any atom is 0.303 e. The Morgan fingerprint density at radius 2 is 1.74 bits per heavy atom. The van der Waals surface area contributed by atoms with E-state index in [0.717, 1.165) is 51.6 Å². The van der Waals surface area contributed by atoms with Crippen molar-refractivity contribution in [3.63, 3.8) is 0 Å². The lowest BCUT2D eigenvalue weighted by atomic mass is 9.82. The average molecular weight is 546 g/mol. The number of carbonyl (C=O) groups is 1. The monoisotopic (exact) mass is 545 g/mol. The van der Waals surface area contributed by atoms with Crippen LogP contribution < -0.4 is 9.64 Å². The van der Waals surface area contributed by atoms with Crippen LogP contribution in [0.1, 0.15) is 19.3 Å². The summed E-state index contributed by atoms with van der Waals surface area (Å²) in [6.45, 7) is 6.47. The molecule has 0 amide bonds. The minimum absolute atomic E-state index is 0.0533. The Kier molecular flexibility index (Phi) is 10.0. The summed E-state index contributed by atoms with van der Waals surface area (Å²) in [7, 11) is -2.15. The zero-order valence-electron chi connectivity index (χ0n) is 22.1. The van der Waals surface area contributed by atoms with E-state index >= 15 is 0 Å². The summed E-state index contributed by atoms with van der Waals surface area (Å²) >= 11 is 0. The topological polar surface area (TPSA) is 99.6 Å². The highest BCUT2D eigenvalue weighted by molar-refractivity contribution is 7.89. The van der Waals surface area contributed by atoms with E-state index in [1.165, 1.54) is 4.31 Å². The van der Waals surface area contributed by atoms with E-state index in [1.54, 1.807) is 31.4 Å². The molecule has 0 unspecified atom stereocenters. The van der Waals surface area contributed by atoms with Crippen LogP contribution in [0.2, 0.25) is 0 Å². The number of ether oxygens (including phenoxy) is 2. The van der Waals surface area contributed by atoms with Crippen LogP contribution in [0.15, 0.2) is 59.5 Å². The molecular weight excluding hydrogens is 506 g/mol. The molecule has 4 rings (SSSR count). The van der Waals surface area contributed by atoms with E-state index in [1.807, 2.05) is 18.2 Å². The lowest BCUT2D eigenvalue weighted by Gasteiger charge is -2.39. The highest BCUT2D eigenvalue weighted by Gasteiger charge is 2.36. The normalized spacial score (nSPS) is 21.2. The van der Waals surface area contributed by atoms with Gasteiger partial charge in [0.1, 0.15) is 5.75 Å². The smallest absolute Gasteiger partial charge is 0.303 e. The van der Waals surface area contributed by atoms with E-state index in [9.17, 15) is 18.3 Å². The fraction of sp³-hybridized carbons (Fsp3) is 0.536. The second-order valence-corrected chi connectivity index (χ2v) is 11.9. The third-order valence-corrected chi connectivity index (χ3v) is 9.55. The molecular formula is C28H39N3O6S. The van der Waals surface area contributed by atoms with Crippen molar-refractivity contribution in [2.45, 2.75) is 24.2 Å². The van der Waals surface area contributed by atoms with Gasteiger partial charge in [-0.3, -0.25) is 9.69 Å². The van der Waals surface area contributed by atoms with Crippen LogP contribution in [0.4, 0.5) is 5.69 Å². The van der Waals surface area contributed by atoms with E-state index in [4.69, 9.17) is 9.47 Å². The van der Waals surface area contributed by atoms with Gasteiger partial charge in [-0.05, 0) is 61.1 Å². The van der Waals surface area contributed by atoms with Gasteiger partial charge in [0.2, 0.25) is 10.0 Å². The SMILES string of the molecule is COc1ccc(S(=O)(=O)N2CC[C@@H](CC(=O)O)[C@@H](CCN(CCN3CCOCC3)c3ccccc3)C2)cc1. The van der Waals surface area contributed by atoms with Crippen LogP contribution in [-0.2, 0) is 19.6 Å². The van der Waals surface area contributed by atoms with Crippen molar-refractivity contribution in [3.8, 4) is 5.75 Å². The van der Waals surface area contributed by atoms with Crippen LogP contribution in [0, 0.1) is 11.8 Å². The van der Waals surface area contributed by atoms with E-state index in [-0.39, 0.29) is 23.2 Å². The quantitative estimate of drug-likeness (QED) is 0.435. The summed E-state index contributed by atoms with van der Waals surface area (Å²) in [5.74, 6) is -0.354. The van der Waals surface area contributed by atoms with E-state index < -0.39 is 16.0 Å². The maximum absolute atomic E-state index is 13.4. The van der Waals surface area contributed by atoms with E-state index in [2.05, 4.69) is 21.9 Å². The molecule has 0 spiro atoms. The predicted molar refractivity (Wildman–Crippen MR) is 146 cm³/mol. The molecule has 2 saturated heterocycles. The van der Waals surface area contributed by atoms with Crippen molar-refractivity contribution in [2.75, 3.05) is 71.0 Å². The van der Waals surface area contributed by atoms with Crippen molar-refractivity contribution >= 4 is 21.7 Å². The lowest BCUT2D eigenvalue weighted by Crippen LogP contribution is -2.46. The van der Waals surface area contributed by atoms with Crippen molar-refractivity contribution in [3.05, 3.63) is 54.6 Å². The molecule has 2 heterocycles. The molecule has 2 aliphatic heterocycles. The molecule has 2 aromatic carbocycles. The Labute approximate surface area is 226 Å². The Morgan fingerprint density at radius 1 is 1.03 bits per heavy atom. The Hall–Kier alpha value is -2.66. The zero-order valence-corrected chi connectivity index (χ0v) is 22.9. The van der Waals surface area contributed by atoms with Crippen LogP contribution >= 0.6 is 0 Å². The largest absolute Gasteiger partial charge is 0.497 e. The first kappa shape index (κ1) is 28.4. The van der Waals surface area contributed by atoms with Gasteiger partial charge >= 0.3 is 5.97 Å². The maximum atomic E-state index is 13.4. The van der Waals surface area contributed by atoms with Gasteiger partial charge in [0.25, 0.3) is 0 Å². The molecule has 0 bridgehead atoms. The number of benzene rings is 2. The van der Waals surface area contributed by atoms with Crippen LogP contribution in [0.25, 0.3) is 0 Å². The number of piperidine rings is 1. The minimum atomic E-state index is -3.69. The molecule has 0 aromatic heterocycles. The third kappa shape index (κ3) is 7.47. The summed E-state index contributed by atoms with van der Waals surface area (Å²) in [6, 6.07) is 16.6. The standard InChI is InChI=1S/C28H39N3O6S/c1-36-26-7-9-27(10-8-26)38(34,35)31-14-12-23(21-28(32)33)24(22-31)11-13-30(25-5-3-2-4-6-25)16-15-29-17-19-37-20-18-29/h2-10,23-24H,11-22H2,1H3,(H,32,33)/t23-,24-/m0/s1. The van der Waals surface area contributed by atoms with Gasteiger partial charge in [-0.2, -0.15) is 4.31 Å². The van der Waals surface area contributed by atoms with Crippen LogP contribution in [0.5, 0.6) is 5.75 Å². The number of rotatable bonds is 12. The second kappa shape index (κ2) is 13.4. The second-order valence-electron chi connectivity index (χ2n) is 10.0. The molecule has 10 heteroatoms. The first-order valence-electron chi connectivity index (χ1n) is 13.3. The van der Waals surface area contributed by atoms with Gasteiger partial charge < -0.3 is 19.5 Å². The number of carboxylic acid groups (broad SMARTS) is 1. The summed E-state index contributed by atoms with van der Waals surface area (Å²) in [5, 5.41) is 9.55. The van der Waals surface area contributed by atoms with Gasteiger partial charge in [0.05, 0.1) is 25.2 Å². The van der Waals surface area contributed by atoms with Crippen molar-refractivity contribution in [1.82, 2.24) is 9.21 Å². The Balaban J connectivity index is 1.47. The fourth-order valence-corrected chi connectivity index (χ4v) is 6.91. The lowest BCUT2D eigenvalue weighted by molar-refractivity contribution is -0.138. The number of nitrogens with zero attached hydrogens (tertiary/aromatic N) is 3. The number of hydrogen-bond donors (Lipinski definition) is 1. The Morgan fingerprint density at radius 3 is 2.39 bits per heavy atom. The molecule has 2 atom stereocenters.